The molecule has 0 saturated heterocycles. The SMILES string of the molecule is C[Si](C)(C)CC1(CNC2CC2)CC2CC2C1. The lowest BCUT2D eigenvalue weighted by atomic mass is 9.85. The van der Waals surface area contributed by atoms with Crippen LogP contribution in [0.5, 0.6) is 0 Å². The van der Waals surface area contributed by atoms with Crippen LogP contribution in [-0.4, -0.2) is 20.7 Å². The van der Waals surface area contributed by atoms with Gasteiger partial charge in [0.25, 0.3) is 0 Å². The minimum atomic E-state index is -0.895. The largest absolute Gasteiger partial charge is 0.313 e. The Kier molecular flexibility index (Phi) is 2.53. The summed E-state index contributed by atoms with van der Waals surface area (Å²) in [6.45, 7) is 9.00. The Labute approximate surface area is 101 Å². The van der Waals surface area contributed by atoms with Crippen molar-refractivity contribution in [2.45, 2.75) is 63.8 Å². The lowest BCUT2D eigenvalue weighted by Crippen LogP contribution is -2.40. The first-order chi connectivity index (χ1) is 7.46. The fourth-order valence-corrected chi connectivity index (χ4v) is 6.79. The Balaban J connectivity index is 1.62. The second kappa shape index (κ2) is 3.58. The number of nitrogens with one attached hydrogen (secondary N) is 1. The van der Waals surface area contributed by atoms with Crippen LogP contribution in [0, 0.1) is 17.3 Å². The van der Waals surface area contributed by atoms with Gasteiger partial charge >= 0.3 is 0 Å². The molecule has 3 saturated carbocycles. The van der Waals surface area contributed by atoms with Crippen molar-refractivity contribution < 1.29 is 0 Å². The predicted molar refractivity (Wildman–Crippen MR) is 72.4 cm³/mol. The van der Waals surface area contributed by atoms with E-state index in [4.69, 9.17) is 0 Å². The van der Waals surface area contributed by atoms with Crippen LogP contribution in [0.25, 0.3) is 0 Å². The first kappa shape index (κ1) is 11.3. The van der Waals surface area contributed by atoms with Crippen LogP contribution < -0.4 is 5.32 Å². The highest BCUT2D eigenvalue weighted by Gasteiger charge is 2.54. The molecule has 0 aromatic heterocycles. The highest BCUT2D eigenvalue weighted by atomic mass is 28.3. The molecule has 3 aliphatic rings. The van der Waals surface area contributed by atoms with Gasteiger partial charge in [-0.2, -0.15) is 0 Å². The van der Waals surface area contributed by atoms with Gasteiger partial charge in [0.1, 0.15) is 0 Å². The smallest absolute Gasteiger partial charge is 0.0448 e. The van der Waals surface area contributed by atoms with Crippen LogP contribution in [-0.2, 0) is 0 Å². The fourth-order valence-electron chi connectivity index (χ4n) is 4.13. The third-order valence-corrected chi connectivity index (χ3v) is 6.52. The van der Waals surface area contributed by atoms with Gasteiger partial charge in [-0.15, -0.1) is 0 Å². The highest BCUT2D eigenvalue weighted by Crippen LogP contribution is 2.62. The van der Waals surface area contributed by atoms with Gasteiger partial charge < -0.3 is 5.32 Å². The lowest BCUT2D eigenvalue weighted by molar-refractivity contribution is 0.278. The van der Waals surface area contributed by atoms with Gasteiger partial charge in [-0.3, -0.25) is 0 Å². The van der Waals surface area contributed by atoms with Crippen LogP contribution in [0.2, 0.25) is 25.7 Å². The molecule has 16 heavy (non-hydrogen) atoms. The van der Waals surface area contributed by atoms with Crippen LogP contribution in [0.4, 0.5) is 0 Å². The Morgan fingerprint density at radius 3 is 2.25 bits per heavy atom. The Morgan fingerprint density at radius 1 is 1.12 bits per heavy atom. The quantitative estimate of drug-likeness (QED) is 0.722. The highest BCUT2D eigenvalue weighted by molar-refractivity contribution is 6.76. The van der Waals surface area contributed by atoms with Gasteiger partial charge in [-0.1, -0.05) is 25.7 Å². The van der Waals surface area contributed by atoms with E-state index < -0.39 is 8.07 Å². The number of rotatable bonds is 5. The number of fused-ring (bicyclic) bond motifs is 1. The molecule has 0 bridgehead atoms. The molecule has 0 spiro atoms. The van der Waals surface area contributed by atoms with Crippen molar-refractivity contribution >= 4 is 8.07 Å². The van der Waals surface area contributed by atoms with Gasteiger partial charge in [0, 0.05) is 20.7 Å². The third-order valence-electron chi connectivity index (χ3n) is 4.71. The van der Waals surface area contributed by atoms with E-state index in [0.717, 1.165) is 23.3 Å². The maximum absolute atomic E-state index is 3.83. The number of hydrogen-bond donors (Lipinski definition) is 1. The molecule has 0 radical (unpaired) electrons. The molecule has 0 amide bonds. The van der Waals surface area contributed by atoms with Crippen molar-refractivity contribution in [3.8, 4) is 0 Å². The third kappa shape index (κ3) is 2.53. The summed E-state index contributed by atoms with van der Waals surface area (Å²) < 4.78 is 0. The van der Waals surface area contributed by atoms with Crippen molar-refractivity contribution in [2.75, 3.05) is 6.54 Å². The molecule has 92 valence electrons. The maximum Gasteiger partial charge on any atom is 0.0448 e. The molecule has 1 nitrogen and oxygen atoms in total. The van der Waals surface area contributed by atoms with Crippen LogP contribution in [0.3, 0.4) is 0 Å². The monoisotopic (exact) mass is 237 g/mol. The lowest BCUT2D eigenvalue weighted by Gasteiger charge is -2.36. The molecule has 0 aromatic carbocycles. The molecular formula is C14H27NSi. The Hall–Kier alpha value is 0.177. The molecular weight excluding hydrogens is 210 g/mol. The second-order valence-corrected chi connectivity index (χ2v) is 13.5. The molecule has 0 aliphatic heterocycles. The molecule has 2 unspecified atom stereocenters. The van der Waals surface area contributed by atoms with E-state index in [1.807, 2.05) is 0 Å². The summed E-state index contributed by atoms with van der Waals surface area (Å²) >= 11 is 0. The average Bonchev–Trinajstić information content (AvgIpc) is 3.01. The van der Waals surface area contributed by atoms with E-state index in [1.165, 1.54) is 19.4 Å². The zero-order valence-corrected chi connectivity index (χ0v) is 12.2. The van der Waals surface area contributed by atoms with Crippen molar-refractivity contribution in [1.82, 2.24) is 5.32 Å². The van der Waals surface area contributed by atoms with Crippen molar-refractivity contribution in [3.05, 3.63) is 0 Å². The van der Waals surface area contributed by atoms with Gasteiger partial charge in [-0.25, -0.2) is 0 Å². The van der Waals surface area contributed by atoms with E-state index in [-0.39, 0.29) is 0 Å². The van der Waals surface area contributed by atoms with Crippen molar-refractivity contribution in [1.29, 1.82) is 0 Å². The molecule has 3 aliphatic carbocycles. The summed E-state index contributed by atoms with van der Waals surface area (Å²) in [4.78, 5) is 0. The summed E-state index contributed by atoms with van der Waals surface area (Å²) in [6.07, 6.45) is 7.56. The van der Waals surface area contributed by atoms with Gasteiger partial charge in [0.05, 0.1) is 0 Å². The Morgan fingerprint density at radius 2 is 1.75 bits per heavy atom. The second-order valence-electron chi connectivity index (χ2n) is 8.06. The average molecular weight is 237 g/mol. The van der Waals surface area contributed by atoms with Crippen molar-refractivity contribution in [3.63, 3.8) is 0 Å². The molecule has 1 N–H and O–H groups in total. The van der Waals surface area contributed by atoms with Crippen LogP contribution in [0.15, 0.2) is 0 Å². The summed E-state index contributed by atoms with van der Waals surface area (Å²) in [5.41, 5.74) is 0.723. The number of hydrogen-bond acceptors (Lipinski definition) is 1. The van der Waals surface area contributed by atoms with Crippen LogP contribution >= 0.6 is 0 Å². The van der Waals surface area contributed by atoms with E-state index in [9.17, 15) is 0 Å². The van der Waals surface area contributed by atoms with Crippen LogP contribution in [0.1, 0.15) is 32.1 Å². The van der Waals surface area contributed by atoms with E-state index in [1.54, 1.807) is 25.3 Å². The van der Waals surface area contributed by atoms with Gasteiger partial charge in [0.15, 0.2) is 0 Å². The molecule has 2 heteroatoms. The first-order valence-corrected chi connectivity index (χ1v) is 10.9. The summed E-state index contributed by atoms with van der Waals surface area (Å²) in [5, 5.41) is 3.83. The minimum Gasteiger partial charge on any atom is -0.313 e. The zero-order valence-electron chi connectivity index (χ0n) is 11.2. The zero-order chi connectivity index (χ0) is 11.4. The van der Waals surface area contributed by atoms with E-state index in [0.29, 0.717) is 0 Å². The molecule has 3 rings (SSSR count). The van der Waals surface area contributed by atoms with Crippen molar-refractivity contribution in [2.24, 2.45) is 17.3 Å². The summed E-state index contributed by atoms with van der Waals surface area (Å²) in [7, 11) is -0.895. The molecule has 0 aromatic rings. The summed E-state index contributed by atoms with van der Waals surface area (Å²) in [6, 6.07) is 2.46. The van der Waals surface area contributed by atoms with Gasteiger partial charge in [0.2, 0.25) is 0 Å². The fraction of sp³-hybridized carbons (Fsp3) is 1.00. The topological polar surface area (TPSA) is 12.0 Å². The maximum atomic E-state index is 3.83. The molecule has 0 heterocycles. The molecule has 2 atom stereocenters. The van der Waals surface area contributed by atoms with E-state index >= 15 is 0 Å². The minimum absolute atomic E-state index is 0.723. The van der Waals surface area contributed by atoms with Gasteiger partial charge in [-0.05, 0) is 49.4 Å². The Bertz CT molecular complexity index is 267. The van der Waals surface area contributed by atoms with E-state index in [2.05, 4.69) is 25.0 Å². The normalized spacial score (nSPS) is 42.2. The first-order valence-electron chi connectivity index (χ1n) is 7.19. The predicted octanol–water partition coefficient (Wildman–Crippen LogP) is 3.49. The summed E-state index contributed by atoms with van der Waals surface area (Å²) in [5.74, 6) is 2.27. The molecule has 3 fully saturated rings. The standard InChI is InChI=1S/C14H27NSi/c1-16(2,3)10-14(9-15-13-4-5-13)7-11-6-12(11)8-14/h11-13,15H,4-10H2,1-3H3.